The molecule has 0 N–H and O–H groups in total. The van der Waals surface area contributed by atoms with Crippen molar-refractivity contribution >= 4 is 0 Å². The Bertz CT molecular complexity index is 200. The van der Waals surface area contributed by atoms with Gasteiger partial charge < -0.3 is 0 Å². The summed E-state index contributed by atoms with van der Waals surface area (Å²) >= 11 is 0. The van der Waals surface area contributed by atoms with Crippen molar-refractivity contribution in [1.29, 1.82) is 0 Å². The van der Waals surface area contributed by atoms with Crippen LogP contribution in [0.3, 0.4) is 0 Å². The van der Waals surface area contributed by atoms with Gasteiger partial charge in [0, 0.05) is 0 Å². The van der Waals surface area contributed by atoms with Crippen molar-refractivity contribution in [2.45, 2.75) is 104 Å². The van der Waals surface area contributed by atoms with Crippen LogP contribution < -0.4 is 0 Å². The van der Waals surface area contributed by atoms with Crippen LogP contribution >= 0.6 is 0 Å². The molecule has 106 valence electrons. The first kappa shape index (κ1) is 15.8. The van der Waals surface area contributed by atoms with Crippen LogP contribution in [0.1, 0.15) is 104 Å². The Kier molecular flexibility index (Phi) is 9.34. The molecule has 0 unspecified atom stereocenters. The summed E-state index contributed by atoms with van der Waals surface area (Å²) in [5, 5.41) is 0. The highest BCUT2D eigenvalue weighted by atomic mass is 14.1. The summed E-state index contributed by atoms with van der Waals surface area (Å²) in [6.45, 7) is 4.68. The van der Waals surface area contributed by atoms with E-state index in [2.05, 4.69) is 13.8 Å². The maximum absolute atomic E-state index is 2.34. The summed E-state index contributed by atoms with van der Waals surface area (Å²) in [7, 11) is 0. The Balaban J connectivity index is 2.62. The van der Waals surface area contributed by atoms with E-state index in [1.807, 2.05) is 11.1 Å². The molecule has 0 saturated carbocycles. The van der Waals surface area contributed by atoms with E-state index < -0.39 is 0 Å². The summed E-state index contributed by atoms with van der Waals surface area (Å²) in [5.41, 5.74) is 3.69. The van der Waals surface area contributed by atoms with Crippen LogP contribution in [-0.2, 0) is 0 Å². The van der Waals surface area contributed by atoms with E-state index in [0.29, 0.717) is 0 Å². The van der Waals surface area contributed by atoms with Gasteiger partial charge in [0.2, 0.25) is 0 Å². The first-order chi connectivity index (χ1) is 8.88. The number of hydrogen-bond donors (Lipinski definition) is 0. The predicted molar refractivity (Wildman–Crippen MR) is 83.0 cm³/mol. The fraction of sp³-hybridized carbons (Fsp3) is 0.889. The monoisotopic (exact) mass is 250 g/mol. The van der Waals surface area contributed by atoms with Crippen molar-refractivity contribution < 1.29 is 0 Å². The van der Waals surface area contributed by atoms with Gasteiger partial charge in [0.1, 0.15) is 0 Å². The normalized spacial score (nSPS) is 24.3. The molecule has 0 aromatic heterocycles. The first-order valence-electron chi connectivity index (χ1n) is 8.58. The molecule has 1 aliphatic rings. The van der Waals surface area contributed by atoms with Gasteiger partial charge in [-0.05, 0) is 38.5 Å². The molecule has 0 heterocycles. The molecule has 18 heavy (non-hydrogen) atoms. The third-order valence-electron chi connectivity index (χ3n) is 4.31. The van der Waals surface area contributed by atoms with Crippen LogP contribution in [0.15, 0.2) is 11.1 Å². The quantitative estimate of drug-likeness (QED) is 0.481. The van der Waals surface area contributed by atoms with Gasteiger partial charge in [-0.1, -0.05) is 76.4 Å². The van der Waals surface area contributed by atoms with Gasteiger partial charge in [-0.15, -0.1) is 0 Å². The standard InChI is InChI=1S/C18H34/c1-3-13-17-15-11-9-7-5-6-8-10-12-16-18(17)14-4-2/h3-16H2,1-2H3/b18-17-. The van der Waals surface area contributed by atoms with E-state index in [4.69, 9.17) is 0 Å². The molecular weight excluding hydrogens is 216 g/mol. The maximum Gasteiger partial charge on any atom is -0.0318 e. The van der Waals surface area contributed by atoms with Crippen molar-refractivity contribution in [3.05, 3.63) is 11.1 Å². The van der Waals surface area contributed by atoms with Crippen LogP contribution in [0.2, 0.25) is 0 Å². The second kappa shape index (κ2) is 10.6. The summed E-state index contributed by atoms with van der Waals surface area (Å²) in [6, 6.07) is 0. The van der Waals surface area contributed by atoms with E-state index in [9.17, 15) is 0 Å². The van der Waals surface area contributed by atoms with Crippen molar-refractivity contribution in [1.82, 2.24) is 0 Å². The highest BCUT2D eigenvalue weighted by Gasteiger charge is 2.07. The average molecular weight is 250 g/mol. The lowest BCUT2D eigenvalue weighted by atomic mass is 9.90. The van der Waals surface area contributed by atoms with Crippen LogP contribution in [0.4, 0.5) is 0 Å². The van der Waals surface area contributed by atoms with Gasteiger partial charge >= 0.3 is 0 Å². The van der Waals surface area contributed by atoms with Crippen LogP contribution in [0, 0.1) is 0 Å². The molecular formula is C18H34. The highest BCUT2D eigenvalue weighted by molar-refractivity contribution is 5.14. The smallest absolute Gasteiger partial charge is 0.0318 e. The van der Waals surface area contributed by atoms with Gasteiger partial charge in [-0.25, -0.2) is 0 Å². The molecule has 0 aromatic rings. The fourth-order valence-electron chi connectivity index (χ4n) is 3.30. The topological polar surface area (TPSA) is 0 Å². The Morgan fingerprint density at radius 2 is 0.889 bits per heavy atom. The van der Waals surface area contributed by atoms with Crippen molar-refractivity contribution in [3.8, 4) is 0 Å². The van der Waals surface area contributed by atoms with Gasteiger partial charge in [-0.3, -0.25) is 0 Å². The third kappa shape index (κ3) is 6.61. The number of allylic oxidation sites excluding steroid dienone is 2. The van der Waals surface area contributed by atoms with Crippen LogP contribution in [0.5, 0.6) is 0 Å². The molecule has 1 rings (SSSR count). The minimum Gasteiger partial charge on any atom is -0.0710 e. The molecule has 0 heteroatoms. The van der Waals surface area contributed by atoms with E-state index in [1.54, 1.807) is 0 Å². The Labute approximate surface area is 115 Å². The molecule has 0 spiro atoms. The Morgan fingerprint density at radius 3 is 1.22 bits per heavy atom. The van der Waals surface area contributed by atoms with Gasteiger partial charge in [0.15, 0.2) is 0 Å². The lowest BCUT2D eigenvalue weighted by Gasteiger charge is -2.16. The van der Waals surface area contributed by atoms with E-state index >= 15 is 0 Å². The number of hydrogen-bond acceptors (Lipinski definition) is 0. The zero-order valence-corrected chi connectivity index (χ0v) is 12.9. The summed E-state index contributed by atoms with van der Waals surface area (Å²) in [4.78, 5) is 0. The zero-order chi connectivity index (χ0) is 13.1. The van der Waals surface area contributed by atoms with E-state index in [1.165, 1.54) is 89.9 Å². The highest BCUT2D eigenvalue weighted by Crippen LogP contribution is 2.27. The summed E-state index contributed by atoms with van der Waals surface area (Å²) < 4.78 is 0. The van der Waals surface area contributed by atoms with Gasteiger partial charge in [-0.2, -0.15) is 0 Å². The number of rotatable bonds is 4. The molecule has 0 saturated heterocycles. The molecule has 0 bridgehead atoms. The molecule has 0 aliphatic heterocycles. The molecule has 0 radical (unpaired) electrons. The van der Waals surface area contributed by atoms with E-state index in [0.717, 1.165) is 0 Å². The molecule has 0 fully saturated rings. The van der Waals surface area contributed by atoms with Gasteiger partial charge in [0.25, 0.3) is 0 Å². The second-order valence-corrected chi connectivity index (χ2v) is 6.04. The molecule has 1 aliphatic carbocycles. The van der Waals surface area contributed by atoms with Crippen molar-refractivity contribution in [3.63, 3.8) is 0 Å². The van der Waals surface area contributed by atoms with Crippen molar-refractivity contribution in [2.75, 3.05) is 0 Å². The predicted octanol–water partition coefficient (Wildman–Crippen LogP) is 6.80. The average Bonchev–Trinajstić information content (AvgIpc) is 2.36. The Morgan fingerprint density at radius 1 is 0.556 bits per heavy atom. The van der Waals surface area contributed by atoms with E-state index in [-0.39, 0.29) is 0 Å². The fourth-order valence-corrected chi connectivity index (χ4v) is 3.30. The van der Waals surface area contributed by atoms with Crippen LogP contribution in [0.25, 0.3) is 0 Å². The lowest BCUT2D eigenvalue weighted by Crippen LogP contribution is -1.96. The SMILES string of the molecule is CCC/C1=C(\CCC)CCCCCCCCCC1. The molecule has 0 aromatic carbocycles. The minimum atomic E-state index is 1.34. The zero-order valence-electron chi connectivity index (χ0n) is 12.9. The minimum absolute atomic E-state index is 1.34. The lowest BCUT2D eigenvalue weighted by molar-refractivity contribution is 0.549. The summed E-state index contributed by atoms with van der Waals surface area (Å²) in [5.74, 6) is 0. The molecule has 0 amide bonds. The summed E-state index contributed by atoms with van der Waals surface area (Å²) in [6.07, 6.45) is 20.0. The second-order valence-electron chi connectivity index (χ2n) is 6.04. The van der Waals surface area contributed by atoms with Gasteiger partial charge in [0.05, 0.1) is 0 Å². The third-order valence-corrected chi connectivity index (χ3v) is 4.31. The van der Waals surface area contributed by atoms with Crippen molar-refractivity contribution in [2.24, 2.45) is 0 Å². The largest absolute Gasteiger partial charge is 0.0710 e. The molecule has 0 atom stereocenters. The maximum atomic E-state index is 2.34. The van der Waals surface area contributed by atoms with Crippen LogP contribution in [-0.4, -0.2) is 0 Å². The first-order valence-corrected chi connectivity index (χ1v) is 8.58. The molecule has 0 nitrogen and oxygen atoms in total. The Hall–Kier alpha value is -0.260.